The standard InChI is InChI=1S/C22H27N3O4S/c1-14-6-9-17(10-7-14)23-20(26)13-30-15(2)21(27)24-18-12-16(22(28)25(3)4)8-11-19(18)29-5/h6-12,15H,13H2,1-5H3,(H,23,26)(H,24,27). The molecular weight excluding hydrogens is 402 g/mol. The van der Waals surface area contributed by atoms with Gasteiger partial charge in [0, 0.05) is 25.3 Å². The first-order valence-electron chi connectivity index (χ1n) is 9.40. The Morgan fingerprint density at radius 3 is 2.33 bits per heavy atom. The fourth-order valence-electron chi connectivity index (χ4n) is 2.54. The number of benzene rings is 2. The van der Waals surface area contributed by atoms with Gasteiger partial charge in [0.2, 0.25) is 11.8 Å². The van der Waals surface area contributed by atoms with Crippen LogP contribution >= 0.6 is 11.8 Å². The molecule has 2 rings (SSSR count). The van der Waals surface area contributed by atoms with Crippen molar-refractivity contribution in [2.75, 3.05) is 37.6 Å². The Hall–Kier alpha value is -3.00. The minimum Gasteiger partial charge on any atom is -0.495 e. The molecule has 2 aromatic carbocycles. The summed E-state index contributed by atoms with van der Waals surface area (Å²) in [7, 11) is 4.81. The molecule has 0 bridgehead atoms. The van der Waals surface area contributed by atoms with Gasteiger partial charge in [0.25, 0.3) is 5.91 Å². The molecule has 160 valence electrons. The van der Waals surface area contributed by atoms with Crippen LogP contribution in [0.15, 0.2) is 42.5 Å². The van der Waals surface area contributed by atoms with Gasteiger partial charge in [-0.3, -0.25) is 14.4 Å². The topological polar surface area (TPSA) is 87.7 Å². The molecular formula is C22H27N3O4S. The Morgan fingerprint density at radius 1 is 1.07 bits per heavy atom. The number of nitrogens with one attached hydrogen (secondary N) is 2. The lowest BCUT2D eigenvalue weighted by Gasteiger charge is -2.16. The average molecular weight is 430 g/mol. The Bertz CT molecular complexity index is 913. The van der Waals surface area contributed by atoms with E-state index in [2.05, 4.69) is 10.6 Å². The zero-order valence-electron chi connectivity index (χ0n) is 17.8. The number of hydrogen-bond acceptors (Lipinski definition) is 5. The monoisotopic (exact) mass is 429 g/mol. The van der Waals surface area contributed by atoms with Crippen molar-refractivity contribution in [3.05, 3.63) is 53.6 Å². The largest absolute Gasteiger partial charge is 0.495 e. The van der Waals surface area contributed by atoms with Crippen molar-refractivity contribution in [1.82, 2.24) is 4.90 Å². The molecule has 0 aliphatic carbocycles. The number of aryl methyl sites for hydroxylation is 1. The van der Waals surface area contributed by atoms with Crippen molar-refractivity contribution >= 4 is 40.9 Å². The number of carbonyl (C=O) groups is 3. The van der Waals surface area contributed by atoms with Gasteiger partial charge < -0.3 is 20.3 Å². The van der Waals surface area contributed by atoms with Crippen molar-refractivity contribution < 1.29 is 19.1 Å². The molecule has 1 atom stereocenters. The summed E-state index contributed by atoms with van der Waals surface area (Å²) in [6.07, 6.45) is 0. The van der Waals surface area contributed by atoms with E-state index in [1.807, 2.05) is 31.2 Å². The molecule has 0 heterocycles. The zero-order chi connectivity index (χ0) is 22.3. The SMILES string of the molecule is COc1ccc(C(=O)N(C)C)cc1NC(=O)C(C)SCC(=O)Nc1ccc(C)cc1. The number of thioether (sulfide) groups is 1. The number of methoxy groups -OCH3 is 1. The first kappa shape index (κ1) is 23.3. The molecule has 0 aromatic heterocycles. The molecule has 0 radical (unpaired) electrons. The van der Waals surface area contributed by atoms with E-state index >= 15 is 0 Å². The predicted octanol–water partition coefficient (Wildman–Crippen LogP) is 3.40. The van der Waals surface area contributed by atoms with Gasteiger partial charge in [-0.2, -0.15) is 0 Å². The highest BCUT2D eigenvalue weighted by atomic mass is 32.2. The lowest BCUT2D eigenvalue weighted by Crippen LogP contribution is -2.26. The summed E-state index contributed by atoms with van der Waals surface area (Å²) in [5.74, 6) is -0.0504. The van der Waals surface area contributed by atoms with E-state index in [0.29, 0.717) is 17.0 Å². The van der Waals surface area contributed by atoms with Gasteiger partial charge in [-0.1, -0.05) is 17.7 Å². The third kappa shape index (κ3) is 6.52. The molecule has 30 heavy (non-hydrogen) atoms. The van der Waals surface area contributed by atoms with Crippen molar-refractivity contribution in [3.63, 3.8) is 0 Å². The number of rotatable bonds is 8. The van der Waals surface area contributed by atoms with Gasteiger partial charge in [0.15, 0.2) is 0 Å². The van der Waals surface area contributed by atoms with E-state index in [1.165, 1.54) is 23.8 Å². The van der Waals surface area contributed by atoms with Crippen LogP contribution in [0.5, 0.6) is 5.75 Å². The number of nitrogens with zero attached hydrogens (tertiary/aromatic N) is 1. The third-order valence-corrected chi connectivity index (χ3v) is 5.42. The van der Waals surface area contributed by atoms with Crippen LogP contribution in [-0.4, -0.2) is 54.8 Å². The van der Waals surface area contributed by atoms with Gasteiger partial charge in [-0.15, -0.1) is 11.8 Å². The Labute approximate surface area is 181 Å². The van der Waals surface area contributed by atoms with E-state index in [1.54, 1.807) is 39.2 Å². The predicted molar refractivity (Wildman–Crippen MR) is 121 cm³/mol. The smallest absolute Gasteiger partial charge is 0.253 e. The van der Waals surface area contributed by atoms with Crippen LogP contribution in [0, 0.1) is 6.92 Å². The number of ether oxygens (including phenoxy) is 1. The second-order valence-electron chi connectivity index (χ2n) is 6.97. The van der Waals surface area contributed by atoms with Gasteiger partial charge >= 0.3 is 0 Å². The minimum atomic E-state index is -0.480. The Kier molecular flexibility index (Phi) is 8.29. The van der Waals surface area contributed by atoms with E-state index in [-0.39, 0.29) is 23.5 Å². The lowest BCUT2D eigenvalue weighted by molar-refractivity contribution is -0.115. The molecule has 0 aliphatic heterocycles. The normalized spacial score (nSPS) is 11.4. The zero-order valence-corrected chi connectivity index (χ0v) is 18.6. The van der Waals surface area contributed by atoms with Gasteiger partial charge in [-0.25, -0.2) is 0 Å². The molecule has 0 aliphatic rings. The molecule has 2 N–H and O–H groups in total. The van der Waals surface area contributed by atoms with E-state index in [0.717, 1.165) is 11.3 Å². The molecule has 0 spiro atoms. The molecule has 0 fully saturated rings. The van der Waals surface area contributed by atoms with Crippen LogP contribution in [0.3, 0.4) is 0 Å². The summed E-state index contributed by atoms with van der Waals surface area (Å²) in [5.41, 5.74) is 2.68. The van der Waals surface area contributed by atoms with E-state index in [4.69, 9.17) is 4.74 Å². The molecule has 8 heteroatoms. The average Bonchev–Trinajstić information content (AvgIpc) is 2.72. The highest BCUT2D eigenvalue weighted by Gasteiger charge is 2.19. The molecule has 0 saturated heterocycles. The molecule has 1 unspecified atom stereocenters. The maximum atomic E-state index is 12.6. The van der Waals surface area contributed by atoms with Crippen LogP contribution < -0.4 is 15.4 Å². The highest BCUT2D eigenvalue weighted by molar-refractivity contribution is 8.01. The molecule has 0 saturated carbocycles. The fourth-order valence-corrected chi connectivity index (χ4v) is 3.23. The van der Waals surface area contributed by atoms with Crippen molar-refractivity contribution in [2.45, 2.75) is 19.1 Å². The first-order chi connectivity index (χ1) is 14.2. The minimum absolute atomic E-state index is 0.138. The number of carbonyl (C=O) groups excluding carboxylic acids is 3. The number of hydrogen-bond donors (Lipinski definition) is 2. The highest BCUT2D eigenvalue weighted by Crippen LogP contribution is 2.27. The van der Waals surface area contributed by atoms with Crippen LogP contribution in [0.4, 0.5) is 11.4 Å². The summed E-state index contributed by atoms with van der Waals surface area (Å²) in [6, 6.07) is 12.4. The second-order valence-corrected chi connectivity index (χ2v) is 8.30. The van der Waals surface area contributed by atoms with Crippen LogP contribution in [-0.2, 0) is 9.59 Å². The number of anilines is 2. The summed E-state index contributed by atoms with van der Waals surface area (Å²) < 4.78 is 5.28. The maximum absolute atomic E-state index is 12.6. The van der Waals surface area contributed by atoms with E-state index < -0.39 is 5.25 Å². The molecule has 3 amide bonds. The third-order valence-electron chi connectivity index (χ3n) is 4.28. The van der Waals surface area contributed by atoms with Crippen molar-refractivity contribution in [3.8, 4) is 5.75 Å². The Morgan fingerprint density at radius 2 is 1.73 bits per heavy atom. The first-order valence-corrected chi connectivity index (χ1v) is 10.4. The summed E-state index contributed by atoms with van der Waals surface area (Å²) in [4.78, 5) is 38.4. The number of amides is 3. The molecule has 2 aromatic rings. The summed E-state index contributed by atoms with van der Waals surface area (Å²) >= 11 is 1.22. The van der Waals surface area contributed by atoms with Gasteiger partial charge in [-0.05, 0) is 44.2 Å². The van der Waals surface area contributed by atoms with Crippen LogP contribution in [0.2, 0.25) is 0 Å². The van der Waals surface area contributed by atoms with E-state index in [9.17, 15) is 14.4 Å². The lowest BCUT2D eigenvalue weighted by atomic mass is 10.1. The summed E-state index contributed by atoms with van der Waals surface area (Å²) in [5, 5.41) is 5.12. The Balaban J connectivity index is 1.96. The quantitative estimate of drug-likeness (QED) is 0.672. The van der Waals surface area contributed by atoms with Crippen LogP contribution in [0.25, 0.3) is 0 Å². The summed E-state index contributed by atoms with van der Waals surface area (Å²) in [6.45, 7) is 3.70. The molecule has 7 nitrogen and oxygen atoms in total. The van der Waals surface area contributed by atoms with Crippen molar-refractivity contribution in [2.24, 2.45) is 0 Å². The fraction of sp³-hybridized carbons (Fsp3) is 0.318. The van der Waals surface area contributed by atoms with Crippen molar-refractivity contribution in [1.29, 1.82) is 0 Å². The second kappa shape index (κ2) is 10.7. The van der Waals surface area contributed by atoms with Gasteiger partial charge in [0.05, 0.1) is 23.8 Å². The van der Waals surface area contributed by atoms with Crippen LogP contribution in [0.1, 0.15) is 22.8 Å². The maximum Gasteiger partial charge on any atom is 0.253 e. The van der Waals surface area contributed by atoms with Gasteiger partial charge in [0.1, 0.15) is 5.75 Å².